The van der Waals surface area contributed by atoms with Crippen LogP contribution in [0.15, 0.2) is 53.1 Å². The van der Waals surface area contributed by atoms with Crippen LogP contribution in [0.3, 0.4) is 0 Å². The second-order valence-corrected chi connectivity index (χ2v) is 4.58. The molecule has 1 N–H and O–H groups in total. The van der Waals surface area contributed by atoms with Crippen molar-refractivity contribution in [2.45, 2.75) is 6.04 Å². The molecule has 0 aliphatic heterocycles. The number of nitrogens with one attached hydrogen (secondary N) is 1. The van der Waals surface area contributed by atoms with Crippen LogP contribution in [-0.2, 0) is 0 Å². The molecular weight excluding hydrogens is 240 g/mol. The van der Waals surface area contributed by atoms with Gasteiger partial charge in [0.2, 0.25) is 0 Å². The van der Waals surface area contributed by atoms with Crippen LogP contribution in [0.1, 0.15) is 22.2 Å². The summed E-state index contributed by atoms with van der Waals surface area (Å²) in [4.78, 5) is 13.9. The van der Waals surface area contributed by atoms with Gasteiger partial charge in [0.25, 0.3) is 5.91 Å². The third kappa shape index (κ3) is 3.45. The average molecular weight is 258 g/mol. The fraction of sp³-hybridized carbons (Fsp3) is 0.267. The minimum Gasteiger partial charge on any atom is -0.459 e. The van der Waals surface area contributed by atoms with Crippen LogP contribution in [0.25, 0.3) is 0 Å². The van der Waals surface area contributed by atoms with Gasteiger partial charge in [-0.3, -0.25) is 4.79 Å². The van der Waals surface area contributed by atoms with Crippen LogP contribution in [-0.4, -0.2) is 31.4 Å². The van der Waals surface area contributed by atoms with E-state index in [-0.39, 0.29) is 11.9 Å². The summed E-state index contributed by atoms with van der Waals surface area (Å²) in [5, 5.41) is 2.89. The number of amides is 1. The van der Waals surface area contributed by atoms with Crippen LogP contribution in [0.2, 0.25) is 0 Å². The predicted molar refractivity (Wildman–Crippen MR) is 73.9 cm³/mol. The Labute approximate surface area is 113 Å². The zero-order valence-corrected chi connectivity index (χ0v) is 11.2. The van der Waals surface area contributed by atoms with E-state index in [0.717, 1.165) is 0 Å². The zero-order chi connectivity index (χ0) is 13.7. The average Bonchev–Trinajstić information content (AvgIpc) is 2.93. The standard InChI is InChI=1S/C15H18N2O2/c1-17(2)13(12-7-4-3-5-8-12)11-16-15(18)14-9-6-10-19-14/h3-10,13H,11H2,1-2H3,(H,16,18)/t13-/m0/s1. The molecule has 1 amide bonds. The third-order valence-electron chi connectivity index (χ3n) is 3.01. The molecule has 2 rings (SSSR count). The number of benzene rings is 1. The highest BCUT2D eigenvalue weighted by atomic mass is 16.3. The normalized spacial score (nSPS) is 12.4. The lowest BCUT2D eigenvalue weighted by atomic mass is 10.1. The molecule has 0 spiro atoms. The topological polar surface area (TPSA) is 45.5 Å². The minimum atomic E-state index is -0.187. The van der Waals surface area contributed by atoms with E-state index >= 15 is 0 Å². The maximum atomic E-state index is 11.8. The van der Waals surface area contributed by atoms with Crippen molar-refractivity contribution in [3.8, 4) is 0 Å². The molecule has 0 radical (unpaired) electrons. The molecule has 1 atom stereocenters. The number of furan rings is 1. The molecule has 0 aliphatic carbocycles. The Morgan fingerprint density at radius 2 is 1.95 bits per heavy atom. The molecule has 100 valence electrons. The fourth-order valence-electron chi connectivity index (χ4n) is 1.96. The molecule has 4 heteroatoms. The summed E-state index contributed by atoms with van der Waals surface area (Å²) in [7, 11) is 3.99. The smallest absolute Gasteiger partial charge is 0.287 e. The summed E-state index contributed by atoms with van der Waals surface area (Å²) < 4.78 is 5.07. The first-order valence-electron chi connectivity index (χ1n) is 6.21. The van der Waals surface area contributed by atoms with Crippen LogP contribution < -0.4 is 5.32 Å². The van der Waals surface area contributed by atoms with Crippen molar-refractivity contribution < 1.29 is 9.21 Å². The molecule has 1 heterocycles. The monoisotopic (exact) mass is 258 g/mol. The van der Waals surface area contributed by atoms with Crippen LogP contribution in [0, 0.1) is 0 Å². The molecule has 0 bridgehead atoms. The molecule has 4 nitrogen and oxygen atoms in total. The van der Waals surface area contributed by atoms with Crippen molar-refractivity contribution in [2.24, 2.45) is 0 Å². The van der Waals surface area contributed by atoms with Gasteiger partial charge < -0.3 is 14.6 Å². The highest BCUT2D eigenvalue weighted by Gasteiger charge is 2.16. The van der Waals surface area contributed by atoms with Crippen molar-refractivity contribution in [2.75, 3.05) is 20.6 Å². The molecule has 0 saturated heterocycles. The van der Waals surface area contributed by atoms with Gasteiger partial charge in [-0.2, -0.15) is 0 Å². The first kappa shape index (κ1) is 13.4. The van der Waals surface area contributed by atoms with Crippen LogP contribution >= 0.6 is 0 Å². The SMILES string of the molecule is CN(C)[C@@H](CNC(=O)c1ccco1)c1ccccc1. The third-order valence-corrected chi connectivity index (χ3v) is 3.01. The van der Waals surface area contributed by atoms with E-state index in [1.807, 2.05) is 32.3 Å². The largest absolute Gasteiger partial charge is 0.459 e. The highest BCUT2D eigenvalue weighted by Crippen LogP contribution is 2.16. The summed E-state index contributed by atoms with van der Waals surface area (Å²) in [6.45, 7) is 0.538. The summed E-state index contributed by atoms with van der Waals surface area (Å²) >= 11 is 0. The van der Waals surface area contributed by atoms with Gasteiger partial charge in [-0.15, -0.1) is 0 Å². The number of likely N-dealkylation sites (N-methyl/N-ethyl adjacent to an activating group) is 1. The van der Waals surface area contributed by atoms with Gasteiger partial charge in [-0.05, 0) is 31.8 Å². The molecule has 0 unspecified atom stereocenters. The van der Waals surface area contributed by atoms with E-state index in [2.05, 4.69) is 22.3 Å². The maximum Gasteiger partial charge on any atom is 0.287 e. The molecular formula is C15H18N2O2. The van der Waals surface area contributed by atoms with Crippen LogP contribution in [0.5, 0.6) is 0 Å². The molecule has 0 fully saturated rings. The number of carbonyl (C=O) groups excluding carboxylic acids is 1. The van der Waals surface area contributed by atoms with Crippen molar-refractivity contribution in [1.82, 2.24) is 10.2 Å². The van der Waals surface area contributed by atoms with E-state index in [4.69, 9.17) is 4.42 Å². The summed E-state index contributed by atoms with van der Waals surface area (Å²) in [5.41, 5.74) is 1.17. The number of carbonyl (C=O) groups is 1. The fourth-order valence-corrected chi connectivity index (χ4v) is 1.96. The van der Waals surface area contributed by atoms with Gasteiger partial charge in [0.1, 0.15) is 0 Å². The van der Waals surface area contributed by atoms with Crippen molar-refractivity contribution in [3.05, 3.63) is 60.1 Å². The lowest BCUT2D eigenvalue weighted by Crippen LogP contribution is -2.34. The number of hydrogen-bond acceptors (Lipinski definition) is 3. The van der Waals surface area contributed by atoms with Crippen molar-refractivity contribution in [3.63, 3.8) is 0 Å². The van der Waals surface area contributed by atoms with E-state index in [1.165, 1.54) is 11.8 Å². The highest BCUT2D eigenvalue weighted by molar-refractivity contribution is 5.91. The minimum absolute atomic E-state index is 0.139. The molecule has 1 aromatic heterocycles. The van der Waals surface area contributed by atoms with Gasteiger partial charge in [-0.1, -0.05) is 30.3 Å². The van der Waals surface area contributed by atoms with E-state index in [1.54, 1.807) is 12.1 Å². The Bertz CT molecular complexity index is 506. The second-order valence-electron chi connectivity index (χ2n) is 4.58. The van der Waals surface area contributed by atoms with E-state index in [9.17, 15) is 4.79 Å². The lowest BCUT2D eigenvalue weighted by Gasteiger charge is -2.24. The Morgan fingerprint density at radius 1 is 1.21 bits per heavy atom. The number of rotatable bonds is 5. The van der Waals surface area contributed by atoms with Gasteiger partial charge >= 0.3 is 0 Å². The van der Waals surface area contributed by atoms with Gasteiger partial charge in [-0.25, -0.2) is 0 Å². The first-order valence-corrected chi connectivity index (χ1v) is 6.21. The quantitative estimate of drug-likeness (QED) is 0.895. The Morgan fingerprint density at radius 3 is 2.53 bits per heavy atom. The molecule has 0 aliphatic rings. The van der Waals surface area contributed by atoms with Gasteiger partial charge in [0.15, 0.2) is 5.76 Å². The Hall–Kier alpha value is -2.07. The van der Waals surface area contributed by atoms with Crippen LogP contribution in [0.4, 0.5) is 0 Å². The maximum absolute atomic E-state index is 11.8. The number of hydrogen-bond donors (Lipinski definition) is 1. The van der Waals surface area contributed by atoms with Gasteiger partial charge in [0.05, 0.1) is 12.3 Å². The molecule has 1 aromatic carbocycles. The first-order chi connectivity index (χ1) is 9.18. The Kier molecular flexibility index (Phi) is 4.36. The van der Waals surface area contributed by atoms with Crippen molar-refractivity contribution in [1.29, 1.82) is 0 Å². The number of nitrogens with zero attached hydrogens (tertiary/aromatic N) is 1. The molecule has 2 aromatic rings. The van der Waals surface area contributed by atoms with Crippen molar-refractivity contribution >= 4 is 5.91 Å². The zero-order valence-electron chi connectivity index (χ0n) is 11.2. The summed E-state index contributed by atoms with van der Waals surface area (Å²) in [5.74, 6) is 0.151. The summed E-state index contributed by atoms with van der Waals surface area (Å²) in [6.07, 6.45) is 1.50. The van der Waals surface area contributed by atoms with E-state index in [0.29, 0.717) is 12.3 Å². The van der Waals surface area contributed by atoms with E-state index < -0.39 is 0 Å². The molecule has 0 saturated carbocycles. The predicted octanol–water partition coefficient (Wildman–Crippen LogP) is 2.31. The Balaban J connectivity index is 2.01. The lowest BCUT2D eigenvalue weighted by molar-refractivity contribution is 0.0914. The summed E-state index contributed by atoms with van der Waals surface area (Å²) in [6, 6.07) is 13.6. The molecule has 19 heavy (non-hydrogen) atoms. The second kappa shape index (κ2) is 6.20. The van der Waals surface area contributed by atoms with Gasteiger partial charge in [0, 0.05) is 6.54 Å².